The summed E-state index contributed by atoms with van der Waals surface area (Å²) in [6.45, 7) is 3.07. The first-order chi connectivity index (χ1) is 9.63. The van der Waals surface area contributed by atoms with Crippen LogP contribution in [-0.2, 0) is 17.8 Å². The molecule has 1 aromatic rings. The molecule has 0 spiro atoms. The van der Waals surface area contributed by atoms with Gasteiger partial charge in [0.05, 0.1) is 0 Å². The van der Waals surface area contributed by atoms with E-state index in [0.29, 0.717) is 18.2 Å². The fourth-order valence-corrected chi connectivity index (χ4v) is 3.24. The number of piperidine rings is 1. The summed E-state index contributed by atoms with van der Waals surface area (Å²) < 4.78 is 1.81. The highest BCUT2D eigenvalue weighted by molar-refractivity contribution is 5.75. The first kappa shape index (κ1) is 13.5. The highest BCUT2D eigenvalue weighted by Gasteiger charge is 2.30. The number of hydrogen-bond donors (Lipinski definition) is 1. The minimum absolute atomic E-state index is 0.470. The van der Waals surface area contributed by atoms with Crippen LogP contribution in [0.5, 0.6) is 0 Å². The molecule has 0 aromatic carbocycles. The molecule has 1 N–H and O–H groups in total. The van der Waals surface area contributed by atoms with Crippen LogP contribution in [0, 0.1) is 5.92 Å². The van der Waals surface area contributed by atoms with Crippen LogP contribution < -0.4 is 0 Å². The number of carboxylic acid groups (broad SMARTS) is 1. The number of fused-ring (bicyclic) bond motifs is 1. The molecule has 0 amide bonds. The van der Waals surface area contributed by atoms with E-state index in [9.17, 15) is 9.90 Å². The van der Waals surface area contributed by atoms with E-state index in [-0.39, 0.29) is 0 Å². The van der Waals surface area contributed by atoms with Crippen LogP contribution >= 0.6 is 0 Å². The number of aliphatic carboxylic acids is 1. The van der Waals surface area contributed by atoms with Crippen molar-refractivity contribution in [3.05, 3.63) is 11.6 Å². The number of hydrogen-bond acceptors (Lipinski definition) is 4. The quantitative estimate of drug-likeness (QED) is 0.897. The van der Waals surface area contributed by atoms with Crippen molar-refractivity contribution in [2.24, 2.45) is 5.92 Å². The van der Waals surface area contributed by atoms with Crippen molar-refractivity contribution in [2.45, 2.75) is 44.6 Å². The van der Waals surface area contributed by atoms with Gasteiger partial charge in [-0.1, -0.05) is 0 Å². The van der Waals surface area contributed by atoms with Gasteiger partial charge in [0.1, 0.15) is 11.7 Å². The number of nitrogens with zero attached hydrogens (tertiary/aromatic N) is 4. The van der Waals surface area contributed by atoms with E-state index in [0.717, 1.165) is 38.3 Å². The van der Waals surface area contributed by atoms with Crippen molar-refractivity contribution in [3.8, 4) is 0 Å². The second kappa shape index (κ2) is 5.52. The van der Waals surface area contributed by atoms with Gasteiger partial charge in [0.2, 0.25) is 0 Å². The molecule has 3 heterocycles. The zero-order chi connectivity index (χ0) is 14.1. The molecule has 0 bridgehead atoms. The van der Waals surface area contributed by atoms with E-state index in [4.69, 9.17) is 0 Å². The number of carbonyl (C=O) groups is 1. The maximum Gasteiger partial charge on any atom is 0.314 e. The first-order valence-electron chi connectivity index (χ1n) is 7.48. The van der Waals surface area contributed by atoms with Crippen LogP contribution in [0.15, 0.2) is 0 Å². The summed E-state index contributed by atoms with van der Waals surface area (Å²) in [7, 11) is 2.15. The fourth-order valence-electron chi connectivity index (χ4n) is 3.24. The van der Waals surface area contributed by atoms with Crippen molar-refractivity contribution in [3.63, 3.8) is 0 Å². The minimum atomic E-state index is -0.774. The molecule has 1 saturated heterocycles. The number of rotatable bonds is 3. The van der Waals surface area contributed by atoms with Crippen LogP contribution in [0.2, 0.25) is 0 Å². The van der Waals surface area contributed by atoms with Crippen LogP contribution in [-0.4, -0.2) is 50.9 Å². The molecule has 2 aliphatic rings. The Morgan fingerprint density at radius 3 is 2.75 bits per heavy atom. The Labute approximate surface area is 118 Å². The van der Waals surface area contributed by atoms with Crippen molar-refractivity contribution in [1.82, 2.24) is 19.7 Å². The van der Waals surface area contributed by atoms with Crippen LogP contribution in [0.25, 0.3) is 0 Å². The lowest BCUT2D eigenvalue weighted by Crippen LogP contribution is -2.31. The summed E-state index contributed by atoms with van der Waals surface area (Å²) in [5, 5.41) is 13.8. The van der Waals surface area contributed by atoms with E-state index < -0.39 is 11.9 Å². The third-order valence-electron chi connectivity index (χ3n) is 4.53. The molecule has 1 aromatic heterocycles. The van der Waals surface area contributed by atoms with Crippen molar-refractivity contribution >= 4 is 5.97 Å². The number of likely N-dealkylation sites (tertiary alicyclic amines) is 1. The summed E-state index contributed by atoms with van der Waals surface area (Å²) in [6.07, 6.45) is 4.81. The van der Waals surface area contributed by atoms with Gasteiger partial charge in [0, 0.05) is 13.0 Å². The largest absolute Gasteiger partial charge is 0.481 e. The molecule has 2 aliphatic heterocycles. The summed E-state index contributed by atoms with van der Waals surface area (Å²) in [6, 6.07) is 0. The molecular weight excluding hydrogens is 256 g/mol. The second-order valence-electron chi connectivity index (χ2n) is 6.09. The summed E-state index contributed by atoms with van der Waals surface area (Å²) in [4.78, 5) is 18.1. The van der Waals surface area contributed by atoms with Gasteiger partial charge in [-0.05, 0) is 51.7 Å². The lowest BCUT2D eigenvalue weighted by molar-refractivity contribution is -0.139. The van der Waals surface area contributed by atoms with E-state index in [1.54, 1.807) is 0 Å². The zero-order valence-corrected chi connectivity index (χ0v) is 12.0. The Morgan fingerprint density at radius 2 is 2.05 bits per heavy atom. The normalized spacial score (nSPS) is 24.6. The lowest BCUT2D eigenvalue weighted by atomic mass is 9.93. The SMILES string of the molecule is CN1CCC(Cc2nc3n(n2)CCCC3C(=O)O)CC1. The van der Waals surface area contributed by atoms with Crippen LogP contribution in [0.3, 0.4) is 0 Å². The van der Waals surface area contributed by atoms with Gasteiger partial charge in [-0.15, -0.1) is 0 Å². The molecule has 1 fully saturated rings. The van der Waals surface area contributed by atoms with Gasteiger partial charge < -0.3 is 10.0 Å². The van der Waals surface area contributed by atoms with E-state index in [1.807, 2.05) is 4.68 Å². The maximum absolute atomic E-state index is 11.3. The highest BCUT2D eigenvalue weighted by atomic mass is 16.4. The minimum Gasteiger partial charge on any atom is -0.481 e. The smallest absolute Gasteiger partial charge is 0.314 e. The molecule has 1 atom stereocenters. The van der Waals surface area contributed by atoms with E-state index in [2.05, 4.69) is 22.0 Å². The second-order valence-corrected chi connectivity index (χ2v) is 6.09. The predicted octanol–water partition coefficient (Wildman–Crippen LogP) is 1.12. The predicted molar refractivity (Wildman–Crippen MR) is 73.6 cm³/mol. The Hall–Kier alpha value is -1.43. The molecule has 3 rings (SSSR count). The van der Waals surface area contributed by atoms with Crippen LogP contribution in [0.4, 0.5) is 0 Å². The molecule has 6 heteroatoms. The van der Waals surface area contributed by atoms with Crippen LogP contribution in [0.1, 0.15) is 43.3 Å². The summed E-state index contributed by atoms with van der Waals surface area (Å²) in [5.41, 5.74) is 0. The molecule has 20 heavy (non-hydrogen) atoms. The molecule has 0 radical (unpaired) electrons. The maximum atomic E-state index is 11.3. The van der Waals surface area contributed by atoms with Crippen molar-refractivity contribution < 1.29 is 9.90 Å². The molecule has 0 saturated carbocycles. The Kier molecular flexibility index (Phi) is 3.74. The number of carboxylic acids is 1. The molecule has 6 nitrogen and oxygen atoms in total. The van der Waals surface area contributed by atoms with E-state index >= 15 is 0 Å². The fraction of sp³-hybridized carbons (Fsp3) is 0.786. The van der Waals surface area contributed by atoms with E-state index in [1.165, 1.54) is 12.8 Å². The summed E-state index contributed by atoms with van der Waals surface area (Å²) in [5.74, 6) is 0.889. The van der Waals surface area contributed by atoms with Gasteiger partial charge in [0.25, 0.3) is 0 Å². The monoisotopic (exact) mass is 278 g/mol. The number of aryl methyl sites for hydroxylation is 1. The van der Waals surface area contributed by atoms with Gasteiger partial charge in [-0.2, -0.15) is 5.10 Å². The number of aromatic nitrogens is 3. The van der Waals surface area contributed by atoms with Gasteiger partial charge >= 0.3 is 5.97 Å². The Bertz CT molecular complexity index is 491. The van der Waals surface area contributed by atoms with Crippen molar-refractivity contribution in [2.75, 3.05) is 20.1 Å². The summed E-state index contributed by atoms with van der Waals surface area (Å²) >= 11 is 0. The highest BCUT2D eigenvalue weighted by Crippen LogP contribution is 2.27. The topological polar surface area (TPSA) is 71.2 Å². The van der Waals surface area contributed by atoms with Gasteiger partial charge in [-0.25, -0.2) is 9.67 Å². The van der Waals surface area contributed by atoms with Gasteiger partial charge in [-0.3, -0.25) is 4.79 Å². The molecular formula is C14H22N4O2. The average molecular weight is 278 g/mol. The van der Waals surface area contributed by atoms with Crippen molar-refractivity contribution in [1.29, 1.82) is 0 Å². The average Bonchev–Trinajstić information content (AvgIpc) is 2.83. The molecule has 110 valence electrons. The Morgan fingerprint density at radius 1 is 1.30 bits per heavy atom. The zero-order valence-electron chi connectivity index (χ0n) is 12.0. The first-order valence-corrected chi connectivity index (χ1v) is 7.48. The molecule has 0 aliphatic carbocycles. The van der Waals surface area contributed by atoms with Gasteiger partial charge in [0.15, 0.2) is 5.82 Å². The molecule has 1 unspecified atom stereocenters. The third kappa shape index (κ3) is 2.70. The Balaban J connectivity index is 1.71. The standard InChI is InChI=1S/C14H22N4O2/c1-17-7-4-10(5-8-17)9-12-15-13-11(14(19)20)3-2-6-18(13)16-12/h10-11H,2-9H2,1H3,(H,19,20). The lowest BCUT2D eigenvalue weighted by Gasteiger charge is -2.28. The third-order valence-corrected chi connectivity index (χ3v) is 4.53.